The van der Waals surface area contributed by atoms with E-state index < -0.39 is 10.0 Å². The first-order valence-corrected chi connectivity index (χ1v) is 7.51. The Morgan fingerprint density at radius 1 is 1.47 bits per heavy atom. The second-order valence-corrected chi connectivity index (χ2v) is 6.83. The number of alkyl halides is 1. The molecule has 0 bridgehead atoms. The predicted molar refractivity (Wildman–Crippen MR) is 65.4 cm³/mol. The summed E-state index contributed by atoms with van der Waals surface area (Å²) in [4.78, 5) is 6.37. The van der Waals surface area contributed by atoms with Crippen LogP contribution in [0, 0.1) is 0 Å². The number of nitrogens with one attached hydrogen (secondary N) is 1. The van der Waals surface area contributed by atoms with Crippen LogP contribution in [0.3, 0.4) is 0 Å². The predicted octanol–water partition coefficient (Wildman–Crippen LogP) is 1.58. The third kappa shape index (κ3) is 2.48. The van der Waals surface area contributed by atoms with Crippen LogP contribution in [0.25, 0.3) is 0 Å². The molecule has 96 valence electrons. The third-order valence-corrected chi connectivity index (χ3v) is 5.56. The number of hydrogen-bond acceptors (Lipinski definition) is 3. The van der Waals surface area contributed by atoms with Crippen molar-refractivity contribution in [2.45, 2.75) is 42.1 Å². The normalized spacial score (nSPS) is 26.3. The molecule has 2 atom stereocenters. The molecule has 1 fully saturated rings. The van der Waals surface area contributed by atoms with Crippen LogP contribution in [0.2, 0.25) is 0 Å². The van der Waals surface area contributed by atoms with Gasteiger partial charge in [-0.15, -0.1) is 11.6 Å². The number of aromatic amines is 1. The average molecular weight is 278 g/mol. The summed E-state index contributed by atoms with van der Waals surface area (Å²) < 4.78 is 25.8. The Kier molecular flexibility index (Phi) is 3.75. The van der Waals surface area contributed by atoms with Crippen molar-refractivity contribution in [2.75, 3.05) is 7.05 Å². The van der Waals surface area contributed by atoms with E-state index in [1.165, 1.54) is 16.8 Å². The van der Waals surface area contributed by atoms with E-state index in [-0.39, 0.29) is 16.4 Å². The first-order valence-electron chi connectivity index (χ1n) is 5.64. The maximum Gasteiger partial charge on any atom is 0.260 e. The van der Waals surface area contributed by atoms with Gasteiger partial charge < -0.3 is 4.98 Å². The molecular weight excluding hydrogens is 262 g/mol. The highest BCUT2D eigenvalue weighted by atomic mass is 35.5. The van der Waals surface area contributed by atoms with Gasteiger partial charge in [0, 0.05) is 13.1 Å². The fraction of sp³-hybridized carbons (Fsp3) is 0.700. The number of halogens is 1. The highest BCUT2D eigenvalue weighted by molar-refractivity contribution is 7.89. The maximum atomic E-state index is 12.2. The van der Waals surface area contributed by atoms with E-state index in [1.54, 1.807) is 7.05 Å². The van der Waals surface area contributed by atoms with Gasteiger partial charge >= 0.3 is 0 Å². The van der Waals surface area contributed by atoms with Crippen molar-refractivity contribution in [3.8, 4) is 0 Å². The number of aromatic nitrogens is 2. The Morgan fingerprint density at radius 2 is 2.18 bits per heavy atom. The maximum absolute atomic E-state index is 12.2. The molecule has 0 amide bonds. The van der Waals surface area contributed by atoms with Crippen molar-refractivity contribution in [3.05, 3.63) is 12.5 Å². The summed E-state index contributed by atoms with van der Waals surface area (Å²) in [6, 6.07) is -0.126. The molecule has 17 heavy (non-hydrogen) atoms. The number of hydrogen-bond donors (Lipinski definition) is 1. The Balaban J connectivity index is 2.22. The smallest absolute Gasteiger partial charge is 0.260 e. The zero-order valence-corrected chi connectivity index (χ0v) is 11.2. The Bertz CT molecular complexity index is 460. The van der Waals surface area contributed by atoms with E-state index in [0.717, 1.165) is 25.7 Å². The summed E-state index contributed by atoms with van der Waals surface area (Å²) in [6.07, 6.45) is 6.46. The Labute approximate surface area is 106 Å². The molecule has 0 radical (unpaired) electrons. The molecule has 1 aliphatic rings. The van der Waals surface area contributed by atoms with Gasteiger partial charge in [-0.2, -0.15) is 4.31 Å². The molecule has 2 unspecified atom stereocenters. The van der Waals surface area contributed by atoms with Crippen LogP contribution in [0.4, 0.5) is 0 Å². The fourth-order valence-electron chi connectivity index (χ4n) is 2.19. The molecule has 1 saturated carbocycles. The van der Waals surface area contributed by atoms with Crippen LogP contribution in [0.5, 0.6) is 0 Å². The first kappa shape index (κ1) is 12.9. The van der Waals surface area contributed by atoms with Crippen molar-refractivity contribution in [1.29, 1.82) is 0 Å². The van der Waals surface area contributed by atoms with Crippen molar-refractivity contribution < 1.29 is 8.42 Å². The van der Waals surface area contributed by atoms with Gasteiger partial charge in [0.1, 0.15) is 0 Å². The van der Waals surface area contributed by atoms with Crippen LogP contribution in [0.1, 0.15) is 25.7 Å². The molecular formula is C10H16ClN3O2S. The van der Waals surface area contributed by atoms with Gasteiger partial charge in [0.05, 0.1) is 17.9 Å². The van der Waals surface area contributed by atoms with Gasteiger partial charge in [-0.1, -0.05) is 12.8 Å². The third-order valence-electron chi connectivity index (χ3n) is 3.24. The summed E-state index contributed by atoms with van der Waals surface area (Å²) in [5, 5.41) is 0.0147. The monoisotopic (exact) mass is 277 g/mol. The van der Waals surface area contributed by atoms with Gasteiger partial charge in [0.25, 0.3) is 10.0 Å². The molecule has 1 aromatic rings. The molecule has 1 N–H and O–H groups in total. The van der Waals surface area contributed by atoms with Crippen LogP contribution >= 0.6 is 11.6 Å². The van der Waals surface area contributed by atoms with Crippen molar-refractivity contribution in [2.24, 2.45) is 0 Å². The molecule has 7 heteroatoms. The first-order chi connectivity index (χ1) is 8.03. The largest absolute Gasteiger partial charge is 0.335 e. The standard InChI is InChI=1S/C10H16ClN3O2S/c1-14(9-5-3-2-4-8(9)11)17(15,16)10-6-12-7-13-10/h6-9H,2-5H2,1H3,(H,12,13). The molecule has 2 rings (SSSR count). The summed E-state index contributed by atoms with van der Waals surface area (Å²) in [5.74, 6) is 0. The SMILES string of the molecule is CN(C1CCCCC1Cl)S(=O)(=O)c1cnc[nH]1. The van der Waals surface area contributed by atoms with E-state index in [2.05, 4.69) is 9.97 Å². The van der Waals surface area contributed by atoms with E-state index in [4.69, 9.17) is 11.6 Å². The second-order valence-electron chi connectivity index (χ2n) is 4.30. The molecule has 1 aromatic heterocycles. The highest BCUT2D eigenvalue weighted by Crippen LogP contribution is 2.29. The van der Waals surface area contributed by atoms with E-state index in [1.807, 2.05) is 0 Å². The number of H-pyrrole nitrogens is 1. The Hall–Kier alpha value is -0.590. The van der Waals surface area contributed by atoms with Crippen molar-refractivity contribution in [1.82, 2.24) is 14.3 Å². The van der Waals surface area contributed by atoms with Crippen LogP contribution < -0.4 is 0 Å². The minimum absolute atomic E-state index is 0.105. The lowest BCUT2D eigenvalue weighted by Gasteiger charge is -2.33. The summed E-state index contributed by atoms with van der Waals surface area (Å²) in [6.45, 7) is 0. The van der Waals surface area contributed by atoms with Gasteiger partial charge in [0.2, 0.25) is 0 Å². The molecule has 0 aromatic carbocycles. The summed E-state index contributed by atoms with van der Waals surface area (Å²) in [5.41, 5.74) is 0. The zero-order chi connectivity index (χ0) is 12.5. The quantitative estimate of drug-likeness (QED) is 0.853. The topological polar surface area (TPSA) is 66.1 Å². The molecule has 0 saturated heterocycles. The van der Waals surface area contributed by atoms with Gasteiger partial charge in [0.15, 0.2) is 5.03 Å². The number of rotatable bonds is 3. The van der Waals surface area contributed by atoms with Gasteiger partial charge in [-0.25, -0.2) is 13.4 Å². The molecule has 5 nitrogen and oxygen atoms in total. The summed E-state index contributed by atoms with van der Waals surface area (Å²) >= 11 is 6.21. The molecule has 0 spiro atoms. The fourth-order valence-corrected chi connectivity index (χ4v) is 4.02. The number of nitrogens with zero attached hydrogens (tertiary/aromatic N) is 2. The van der Waals surface area contributed by atoms with E-state index >= 15 is 0 Å². The highest BCUT2D eigenvalue weighted by Gasteiger charge is 2.34. The minimum atomic E-state index is -3.50. The molecule has 0 aliphatic heterocycles. The van der Waals surface area contributed by atoms with E-state index in [9.17, 15) is 8.42 Å². The number of imidazole rings is 1. The lowest BCUT2D eigenvalue weighted by molar-refractivity contribution is 0.290. The molecule has 1 heterocycles. The number of sulfonamides is 1. The molecule has 1 aliphatic carbocycles. The van der Waals surface area contributed by atoms with Crippen molar-refractivity contribution >= 4 is 21.6 Å². The van der Waals surface area contributed by atoms with Crippen LogP contribution in [-0.2, 0) is 10.0 Å². The van der Waals surface area contributed by atoms with Crippen molar-refractivity contribution in [3.63, 3.8) is 0 Å². The van der Waals surface area contributed by atoms with Crippen LogP contribution in [0.15, 0.2) is 17.6 Å². The Morgan fingerprint density at radius 3 is 2.76 bits per heavy atom. The minimum Gasteiger partial charge on any atom is -0.335 e. The lowest BCUT2D eigenvalue weighted by Crippen LogP contribution is -2.44. The lowest BCUT2D eigenvalue weighted by atomic mass is 9.95. The zero-order valence-electron chi connectivity index (χ0n) is 9.63. The summed E-state index contributed by atoms with van der Waals surface area (Å²) in [7, 11) is -1.91. The van der Waals surface area contributed by atoms with Gasteiger partial charge in [-0.3, -0.25) is 0 Å². The second kappa shape index (κ2) is 4.96. The average Bonchev–Trinajstić information content (AvgIpc) is 2.83. The van der Waals surface area contributed by atoms with E-state index in [0.29, 0.717) is 0 Å². The van der Waals surface area contributed by atoms with Gasteiger partial charge in [-0.05, 0) is 12.8 Å². The van der Waals surface area contributed by atoms with Crippen LogP contribution in [-0.4, -0.2) is 41.2 Å².